The molecule has 0 radical (unpaired) electrons. The van der Waals surface area contributed by atoms with Crippen LogP contribution in [-0.2, 0) is 10.9 Å². The van der Waals surface area contributed by atoms with E-state index in [1.807, 2.05) is 0 Å². The number of benzene rings is 1. The van der Waals surface area contributed by atoms with E-state index in [1.165, 1.54) is 6.07 Å². The Hall–Kier alpha value is -0.790. The molecule has 19 heavy (non-hydrogen) atoms. The summed E-state index contributed by atoms with van der Waals surface area (Å²) < 4.78 is 56.5. The smallest absolute Gasteiger partial charge is 0.375 e. The number of ether oxygens (including phenoxy) is 1. The van der Waals surface area contributed by atoms with Gasteiger partial charge in [-0.3, -0.25) is 0 Å². The summed E-state index contributed by atoms with van der Waals surface area (Å²) in [5, 5.41) is 0. The van der Waals surface area contributed by atoms with Crippen LogP contribution in [-0.4, -0.2) is 24.2 Å². The van der Waals surface area contributed by atoms with E-state index in [0.29, 0.717) is 12.4 Å². The minimum Gasteiger partial charge on any atom is -0.375 e. The third kappa shape index (κ3) is 3.40. The largest absolute Gasteiger partial charge is 0.419 e. The minimum absolute atomic E-state index is 0.237. The molecule has 2 atom stereocenters. The molecule has 2 unspecified atom stereocenters. The quantitative estimate of drug-likeness (QED) is 0.852. The molecule has 0 aromatic heterocycles. The van der Waals surface area contributed by atoms with Crippen molar-refractivity contribution in [2.24, 2.45) is 5.73 Å². The maximum Gasteiger partial charge on any atom is 0.419 e. The topological polar surface area (TPSA) is 35.2 Å². The number of halogens is 4. The van der Waals surface area contributed by atoms with E-state index in [4.69, 9.17) is 10.5 Å². The molecule has 0 amide bonds. The van der Waals surface area contributed by atoms with Crippen LogP contribution in [0, 0.1) is 5.82 Å². The van der Waals surface area contributed by atoms with Crippen LogP contribution in [0.4, 0.5) is 17.6 Å². The molecule has 2 rings (SSSR count). The fraction of sp³-hybridized carbons (Fsp3) is 0.500. The average molecular weight is 295 g/mol. The van der Waals surface area contributed by atoms with Crippen LogP contribution in [0.2, 0.25) is 0 Å². The highest BCUT2D eigenvalue weighted by Gasteiger charge is 2.35. The summed E-state index contributed by atoms with van der Waals surface area (Å²) in [6.07, 6.45) is -5.06. The molecule has 1 aliphatic heterocycles. The maximum atomic E-state index is 13.2. The summed E-state index contributed by atoms with van der Waals surface area (Å²) in [6, 6.07) is 2.16. The van der Waals surface area contributed by atoms with Gasteiger partial charge in [0.15, 0.2) is 0 Å². The molecule has 0 spiro atoms. The van der Waals surface area contributed by atoms with Crippen LogP contribution in [0.3, 0.4) is 0 Å². The van der Waals surface area contributed by atoms with Crippen LogP contribution in [0.15, 0.2) is 18.2 Å². The van der Waals surface area contributed by atoms with E-state index < -0.39 is 23.6 Å². The molecule has 1 aromatic rings. The highest BCUT2D eigenvalue weighted by atomic mass is 32.2. The second-order valence-electron chi connectivity index (χ2n) is 4.25. The van der Waals surface area contributed by atoms with Gasteiger partial charge in [-0.1, -0.05) is 6.07 Å². The summed E-state index contributed by atoms with van der Waals surface area (Å²) >= 11 is 1.64. The van der Waals surface area contributed by atoms with Gasteiger partial charge in [-0.2, -0.15) is 24.9 Å². The van der Waals surface area contributed by atoms with E-state index in [-0.39, 0.29) is 11.7 Å². The van der Waals surface area contributed by atoms with Gasteiger partial charge in [-0.05, 0) is 17.7 Å². The van der Waals surface area contributed by atoms with Crippen molar-refractivity contribution in [3.63, 3.8) is 0 Å². The van der Waals surface area contributed by atoms with Gasteiger partial charge in [0.25, 0.3) is 0 Å². The summed E-state index contributed by atoms with van der Waals surface area (Å²) in [5.74, 6) is 0.183. The van der Waals surface area contributed by atoms with Crippen molar-refractivity contribution in [1.29, 1.82) is 0 Å². The van der Waals surface area contributed by atoms with Gasteiger partial charge < -0.3 is 10.5 Å². The summed E-state index contributed by atoms with van der Waals surface area (Å²) in [6.45, 7) is 0.524. The van der Waals surface area contributed by atoms with E-state index in [0.717, 1.165) is 17.9 Å². The van der Waals surface area contributed by atoms with E-state index in [1.54, 1.807) is 11.8 Å². The number of hydrogen-bond donors (Lipinski definition) is 1. The lowest BCUT2D eigenvalue weighted by molar-refractivity contribution is -0.140. The molecule has 1 saturated heterocycles. The second-order valence-corrected chi connectivity index (χ2v) is 5.40. The third-order valence-electron chi connectivity index (χ3n) is 2.92. The van der Waals surface area contributed by atoms with E-state index >= 15 is 0 Å². The molecule has 1 aromatic carbocycles. The van der Waals surface area contributed by atoms with E-state index in [2.05, 4.69) is 0 Å². The Labute approximate surface area is 112 Å². The van der Waals surface area contributed by atoms with Crippen LogP contribution in [0.25, 0.3) is 0 Å². The Morgan fingerprint density at radius 2 is 2.11 bits per heavy atom. The molecule has 1 aliphatic rings. The van der Waals surface area contributed by atoms with Crippen molar-refractivity contribution >= 4 is 11.8 Å². The number of hydrogen-bond acceptors (Lipinski definition) is 3. The highest BCUT2D eigenvalue weighted by Crippen LogP contribution is 2.34. The summed E-state index contributed by atoms with van der Waals surface area (Å²) in [5.41, 5.74) is 4.85. The predicted octanol–water partition coefficient (Wildman–Crippen LogP) is 2.98. The molecule has 2 N–H and O–H groups in total. The van der Waals surface area contributed by atoms with Crippen LogP contribution < -0.4 is 5.73 Å². The van der Waals surface area contributed by atoms with Gasteiger partial charge in [0.05, 0.1) is 24.3 Å². The normalized spacial score (nSPS) is 22.3. The standard InChI is InChI=1S/C12H13F4NOS/c13-9-2-1-7(5-8(9)12(14,15)16)11(17)10-6-19-4-3-18-10/h1-2,5,10-11H,3-4,6,17H2. The zero-order valence-corrected chi connectivity index (χ0v) is 10.7. The fourth-order valence-corrected chi connectivity index (χ4v) is 2.81. The van der Waals surface area contributed by atoms with Crippen molar-refractivity contribution < 1.29 is 22.3 Å². The van der Waals surface area contributed by atoms with Crippen LogP contribution >= 0.6 is 11.8 Å². The monoisotopic (exact) mass is 295 g/mol. The highest BCUT2D eigenvalue weighted by molar-refractivity contribution is 7.99. The number of nitrogens with two attached hydrogens (primary N) is 1. The van der Waals surface area contributed by atoms with Crippen molar-refractivity contribution in [3.8, 4) is 0 Å². The molecule has 1 heterocycles. The number of alkyl halides is 3. The zero-order valence-electron chi connectivity index (χ0n) is 9.91. The summed E-state index contributed by atoms with van der Waals surface area (Å²) in [7, 11) is 0. The number of rotatable bonds is 2. The first-order valence-corrected chi connectivity index (χ1v) is 6.86. The first-order valence-electron chi connectivity index (χ1n) is 5.71. The first kappa shape index (κ1) is 14.6. The molecule has 7 heteroatoms. The minimum atomic E-state index is -4.72. The Bertz CT molecular complexity index is 446. The Morgan fingerprint density at radius 3 is 2.68 bits per heavy atom. The maximum absolute atomic E-state index is 13.2. The molecular formula is C12H13F4NOS. The average Bonchev–Trinajstić information content (AvgIpc) is 2.38. The Balaban J connectivity index is 2.24. The molecule has 2 nitrogen and oxygen atoms in total. The van der Waals surface area contributed by atoms with Gasteiger partial charge >= 0.3 is 6.18 Å². The first-order chi connectivity index (χ1) is 8.89. The fourth-order valence-electron chi connectivity index (χ4n) is 1.90. The van der Waals surface area contributed by atoms with Crippen molar-refractivity contribution in [3.05, 3.63) is 35.1 Å². The third-order valence-corrected chi connectivity index (χ3v) is 3.94. The van der Waals surface area contributed by atoms with Gasteiger partial charge in [-0.15, -0.1) is 0 Å². The summed E-state index contributed by atoms with van der Waals surface area (Å²) in [4.78, 5) is 0. The van der Waals surface area contributed by atoms with Gasteiger partial charge in [0.1, 0.15) is 5.82 Å². The predicted molar refractivity (Wildman–Crippen MR) is 65.4 cm³/mol. The van der Waals surface area contributed by atoms with Crippen LogP contribution in [0.1, 0.15) is 17.2 Å². The Morgan fingerprint density at radius 1 is 1.37 bits per heavy atom. The van der Waals surface area contributed by atoms with E-state index in [9.17, 15) is 17.6 Å². The van der Waals surface area contributed by atoms with Crippen molar-refractivity contribution in [1.82, 2.24) is 0 Å². The molecule has 0 bridgehead atoms. The van der Waals surface area contributed by atoms with Gasteiger partial charge in [-0.25, -0.2) is 4.39 Å². The van der Waals surface area contributed by atoms with Crippen molar-refractivity contribution in [2.75, 3.05) is 18.1 Å². The lowest BCUT2D eigenvalue weighted by Crippen LogP contribution is -2.34. The van der Waals surface area contributed by atoms with Crippen LogP contribution in [0.5, 0.6) is 0 Å². The molecule has 1 fully saturated rings. The second kappa shape index (κ2) is 5.68. The lowest BCUT2D eigenvalue weighted by Gasteiger charge is -2.28. The Kier molecular flexibility index (Phi) is 4.37. The van der Waals surface area contributed by atoms with Crippen molar-refractivity contribution in [2.45, 2.75) is 18.3 Å². The molecule has 106 valence electrons. The van der Waals surface area contributed by atoms with Gasteiger partial charge in [0, 0.05) is 11.5 Å². The zero-order chi connectivity index (χ0) is 14.0. The molecular weight excluding hydrogens is 282 g/mol. The molecule has 0 aliphatic carbocycles. The SMILES string of the molecule is NC(c1ccc(F)c(C(F)(F)F)c1)C1CSCCO1. The van der Waals surface area contributed by atoms with Gasteiger partial charge in [0.2, 0.25) is 0 Å². The molecule has 0 saturated carbocycles. The lowest BCUT2D eigenvalue weighted by atomic mass is 10.00. The number of thioether (sulfide) groups is 1.